The van der Waals surface area contributed by atoms with Gasteiger partial charge in [-0.25, -0.2) is 0 Å². The number of nitrogens with one attached hydrogen (secondary N) is 1. The summed E-state index contributed by atoms with van der Waals surface area (Å²) < 4.78 is 16.3. The Kier molecular flexibility index (Phi) is 10.6. The third-order valence-electron chi connectivity index (χ3n) is 6.21. The van der Waals surface area contributed by atoms with Crippen molar-refractivity contribution in [3.63, 3.8) is 0 Å². The minimum absolute atomic E-state index is 0.0808. The number of nitrogens with zero attached hydrogens (tertiary/aromatic N) is 1. The highest BCUT2D eigenvalue weighted by atomic mass is 16.5. The van der Waals surface area contributed by atoms with E-state index in [0.717, 1.165) is 68.8 Å². The molecule has 0 aliphatic carbocycles. The minimum Gasteiger partial charge on any atom is -0.493 e. The van der Waals surface area contributed by atoms with Crippen LogP contribution in [0.2, 0.25) is 0 Å². The van der Waals surface area contributed by atoms with E-state index in [9.17, 15) is 4.79 Å². The molecule has 1 atom stereocenters. The number of rotatable bonds is 14. The lowest BCUT2D eigenvalue weighted by Crippen LogP contribution is -2.44. The first kappa shape index (κ1) is 25.5. The van der Waals surface area contributed by atoms with Crippen molar-refractivity contribution in [1.29, 1.82) is 0 Å². The van der Waals surface area contributed by atoms with E-state index in [-0.39, 0.29) is 17.6 Å². The fourth-order valence-electron chi connectivity index (χ4n) is 4.15. The summed E-state index contributed by atoms with van der Waals surface area (Å²) >= 11 is 0. The van der Waals surface area contributed by atoms with Crippen molar-refractivity contribution in [3.05, 3.63) is 23.8 Å². The summed E-state index contributed by atoms with van der Waals surface area (Å²) in [6, 6.07) is 6.10. The summed E-state index contributed by atoms with van der Waals surface area (Å²) in [5.74, 6) is 1.60. The van der Waals surface area contributed by atoms with Gasteiger partial charge in [0, 0.05) is 26.1 Å². The third-order valence-corrected chi connectivity index (χ3v) is 6.21. The molecule has 31 heavy (non-hydrogen) atoms. The molecule has 1 N–H and O–H groups in total. The number of hydrogen-bond donors (Lipinski definition) is 1. The number of methoxy groups -OCH3 is 3. The normalized spacial score (nSPS) is 15.6. The van der Waals surface area contributed by atoms with Crippen LogP contribution in [0.4, 0.5) is 0 Å². The molecule has 0 aromatic heterocycles. The second-order valence-electron chi connectivity index (χ2n) is 9.19. The summed E-state index contributed by atoms with van der Waals surface area (Å²) in [5, 5.41) is 3.30. The second kappa shape index (κ2) is 12.9. The third kappa shape index (κ3) is 9.08. The molecular weight excluding hydrogens is 392 g/mol. The standard InChI is InChI=1S/C25H42N2O4/c1-25(2,31-5)14-8-6-7-11-24(28)26-21(19-27-15-9-10-16-27)17-20-12-13-22(29-3)23(18-20)30-4/h12-13,18,21H,6-11,14-17,19H2,1-5H3,(H,26,28)/t21-/m0/s1. The number of carbonyl (C=O) groups excluding carboxylic acids is 1. The number of amides is 1. The lowest BCUT2D eigenvalue weighted by Gasteiger charge is -2.25. The topological polar surface area (TPSA) is 60.0 Å². The Hall–Kier alpha value is -1.79. The van der Waals surface area contributed by atoms with E-state index >= 15 is 0 Å². The summed E-state index contributed by atoms with van der Waals surface area (Å²) in [7, 11) is 5.05. The summed E-state index contributed by atoms with van der Waals surface area (Å²) in [6.45, 7) is 7.34. The van der Waals surface area contributed by atoms with Crippen LogP contribution in [0.25, 0.3) is 0 Å². The molecule has 0 saturated carbocycles. The second-order valence-corrected chi connectivity index (χ2v) is 9.19. The van der Waals surface area contributed by atoms with Gasteiger partial charge in [0.25, 0.3) is 0 Å². The van der Waals surface area contributed by atoms with Crippen LogP contribution in [0.3, 0.4) is 0 Å². The van der Waals surface area contributed by atoms with Gasteiger partial charge in [-0.2, -0.15) is 0 Å². The first-order chi connectivity index (χ1) is 14.9. The molecule has 0 spiro atoms. The van der Waals surface area contributed by atoms with Gasteiger partial charge in [0.1, 0.15) is 0 Å². The molecule has 1 aromatic carbocycles. The van der Waals surface area contributed by atoms with E-state index < -0.39 is 0 Å². The quantitative estimate of drug-likeness (QED) is 0.445. The van der Waals surface area contributed by atoms with Gasteiger partial charge in [0.2, 0.25) is 5.91 Å². The molecular formula is C25H42N2O4. The maximum absolute atomic E-state index is 12.7. The summed E-state index contributed by atoms with van der Waals surface area (Å²) in [6.07, 6.45) is 7.91. The van der Waals surface area contributed by atoms with E-state index in [1.54, 1.807) is 21.3 Å². The average Bonchev–Trinajstić information content (AvgIpc) is 3.26. The number of benzene rings is 1. The molecule has 1 aliphatic rings. The van der Waals surface area contributed by atoms with Gasteiger partial charge in [0.05, 0.1) is 19.8 Å². The lowest BCUT2D eigenvalue weighted by molar-refractivity contribution is -0.122. The van der Waals surface area contributed by atoms with Crippen molar-refractivity contribution in [2.24, 2.45) is 0 Å². The van der Waals surface area contributed by atoms with Gasteiger partial charge in [-0.3, -0.25) is 4.79 Å². The molecule has 176 valence electrons. The van der Waals surface area contributed by atoms with Crippen molar-refractivity contribution >= 4 is 5.91 Å². The number of carbonyl (C=O) groups is 1. The Morgan fingerprint density at radius 1 is 1.06 bits per heavy atom. The Morgan fingerprint density at radius 2 is 1.77 bits per heavy atom. The molecule has 1 aliphatic heterocycles. The van der Waals surface area contributed by atoms with Crippen LogP contribution in [0.5, 0.6) is 11.5 Å². The van der Waals surface area contributed by atoms with Crippen LogP contribution in [0, 0.1) is 0 Å². The van der Waals surface area contributed by atoms with Crippen molar-refractivity contribution in [3.8, 4) is 11.5 Å². The van der Waals surface area contributed by atoms with Crippen LogP contribution in [-0.4, -0.2) is 63.4 Å². The van der Waals surface area contributed by atoms with Gasteiger partial charge in [-0.15, -0.1) is 0 Å². The highest BCUT2D eigenvalue weighted by Crippen LogP contribution is 2.28. The van der Waals surface area contributed by atoms with Crippen molar-refractivity contribution in [1.82, 2.24) is 10.2 Å². The largest absolute Gasteiger partial charge is 0.493 e. The fraction of sp³-hybridized carbons (Fsp3) is 0.720. The highest BCUT2D eigenvalue weighted by Gasteiger charge is 2.20. The number of hydrogen-bond acceptors (Lipinski definition) is 5. The predicted octanol–water partition coefficient (Wildman–Crippen LogP) is 4.20. The van der Waals surface area contributed by atoms with E-state index in [2.05, 4.69) is 30.1 Å². The molecule has 1 saturated heterocycles. The number of likely N-dealkylation sites (tertiary alicyclic amines) is 1. The molecule has 1 aromatic rings. The van der Waals surface area contributed by atoms with Gasteiger partial charge in [-0.1, -0.05) is 18.9 Å². The SMILES string of the molecule is COc1ccc(C[C@@H](CN2CCCC2)NC(=O)CCCCCC(C)(C)OC)cc1OC. The first-order valence-corrected chi connectivity index (χ1v) is 11.6. The van der Waals surface area contributed by atoms with Gasteiger partial charge in [0.15, 0.2) is 11.5 Å². The first-order valence-electron chi connectivity index (χ1n) is 11.6. The number of ether oxygens (including phenoxy) is 3. The van der Waals surface area contributed by atoms with E-state index in [1.165, 1.54) is 12.8 Å². The number of unbranched alkanes of at least 4 members (excludes halogenated alkanes) is 2. The van der Waals surface area contributed by atoms with Gasteiger partial charge >= 0.3 is 0 Å². The van der Waals surface area contributed by atoms with E-state index in [1.807, 2.05) is 12.1 Å². The zero-order valence-electron chi connectivity index (χ0n) is 20.2. The van der Waals surface area contributed by atoms with Crippen molar-refractivity contribution < 1.29 is 19.0 Å². The molecule has 2 rings (SSSR count). The van der Waals surface area contributed by atoms with Crippen molar-refractivity contribution in [2.45, 2.75) is 76.9 Å². The van der Waals surface area contributed by atoms with Crippen LogP contribution >= 0.6 is 0 Å². The average molecular weight is 435 g/mol. The molecule has 1 fully saturated rings. The van der Waals surface area contributed by atoms with Crippen LogP contribution < -0.4 is 14.8 Å². The van der Waals surface area contributed by atoms with Gasteiger partial charge < -0.3 is 24.4 Å². The van der Waals surface area contributed by atoms with Crippen LogP contribution in [0.15, 0.2) is 18.2 Å². The Balaban J connectivity index is 1.88. The molecule has 0 bridgehead atoms. The Morgan fingerprint density at radius 3 is 2.42 bits per heavy atom. The van der Waals surface area contributed by atoms with E-state index in [4.69, 9.17) is 14.2 Å². The Labute approximate surface area is 188 Å². The maximum atomic E-state index is 12.7. The molecule has 6 heteroatoms. The maximum Gasteiger partial charge on any atom is 0.220 e. The molecule has 0 radical (unpaired) electrons. The molecule has 1 heterocycles. The molecule has 1 amide bonds. The van der Waals surface area contributed by atoms with E-state index in [0.29, 0.717) is 6.42 Å². The van der Waals surface area contributed by atoms with Crippen LogP contribution in [-0.2, 0) is 16.0 Å². The predicted molar refractivity (Wildman–Crippen MR) is 125 cm³/mol. The zero-order chi connectivity index (χ0) is 22.7. The van der Waals surface area contributed by atoms with Crippen LogP contribution in [0.1, 0.15) is 64.4 Å². The minimum atomic E-state index is -0.0808. The summed E-state index contributed by atoms with van der Waals surface area (Å²) in [5.41, 5.74) is 1.06. The summed E-state index contributed by atoms with van der Waals surface area (Å²) in [4.78, 5) is 15.1. The van der Waals surface area contributed by atoms with Gasteiger partial charge in [-0.05, 0) is 76.7 Å². The highest BCUT2D eigenvalue weighted by molar-refractivity contribution is 5.76. The molecule has 0 unspecified atom stereocenters. The smallest absolute Gasteiger partial charge is 0.220 e. The zero-order valence-corrected chi connectivity index (χ0v) is 20.2. The fourth-order valence-corrected chi connectivity index (χ4v) is 4.15. The molecule has 6 nitrogen and oxygen atoms in total. The Bertz CT molecular complexity index is 671. The lowest BCUT2D eigenvalue weighted by atomic mass is 10.00. The van der Waals surface area contributed by atoms with Crippen molar-refractivity contribution in [2.75, 3.05) is 41.0 Å². The monoisotopic (exact) mass is 434 g/mol.